The molecule has 1 heterocycles. The minimum Gasteiger partial charge on any atom is -0.496 e. The normalized spacial score (nSPS) is 15.3. The molecule has 1 aliphatic rings. The summed E-state index contributed by atoms with van der Waals surface area (Å²) in [5.74, 6) is -0.238. The van der Waals surface area contributed by atoms with Crippen LogP contribution >= 0.6 is 0 Å². The number of carbonyl (C=O) groups is 2. The number of benzene rings is 2. The van der Waals surface area contributed by atoms with Gasteiger partial charge < -0.3 is 14.4 Å². The molecule has 0 aromatic heterocycles. The topological polar surface area (TPSA) is 55.8 Å². The van der Waals surface area contributed by atoms with Crippen LogP contribution in [0.5, 0.6) is 5.75 Å². The number of rotatable bonds is 4. The van der Waals surface area contributed by atoms with Crippen LogP contribution in [-0.4, -0.2) is 43.1 Å². The number of methoxy groups -OCH3 is 1. The van der Waals surface area contributed by atoms with E-state index in [1.54, 1.807) is 24.0 Å². The average molecular weight is 327 g/mol. The monoisotopic (exact) mass is 327 g/mol. The maximum atomic E-state index is 12.5. The first-order valence-corrected chi connectivity index (χ1v) is 8.16. The Hall–Kier alpha value is -2.56. The van der Waals surface area contributed by atoms with Crippen molar-refractivity contribution >= 4 is 22.6 Å². The van der Waals surface area contributed by atoms with Gasteiger partial charge in [-0.2, -0.15) is 0 Å². The second-order valence-electron chi connectivity index (χ2n) is 5.98. The van der Waals surface area contributed by atoms with Crippen LogP contribution in [0.3, 0.4) is 0 Å². The lowest BCUT2D eigenvalue weighted by atomic mass is 10.1. The van der Waals surface area contributed by atoms with Gasteiger partial charge in [-0.15, -0.1) is 0 Å². The predicted molar refractivity (Wildman–Crippen MR) is 91.2 cm³/mol. The first-order valence-electron chi connectivity index (χ1n) is 8.16. The van der Waals surface area contributed by atoms with Gasteiger partial charge in [0.25, 0.3) is 5.91 Å². The zero-order valence-electron chi connectivity index (χ0n) is 14.0. The summed E-state index contributed by atoms with van der Waals surface area (Å²) in [5, 5.41) is 1.90. The second-order valence-corrected chi connectivity index (χ2v) is 5.98. The number of esters is 1. The number of hydrogen-bond donors (Lipinski definition) is 0. The molecule has 1 aliphatic heterocycles. The van der Waals surface area contributed by atoms with Crippen LogP contribution in [-0.2, 0) is 9.53 Å². The third-order valence-electron chi connectivity index (χ3n) is 4.34. The summed E-state index contributed by atoms with van der Waals surface area (Å²) in [5.41, 5.74) is 0.331. The molecule has 0 bridgehead atoms. The van der Waals surface area contributed by atoms with Crippen LogP contribution in [0.4, 0.5) is 0 Å². The third kappa shape index (κ3) is 3.20. The number of nitrogens with zero attached hydrogens (tertiary/aromatic N) is 1. The van der Waals surface area contributed by atoms with Gasteiger partial charge >= 0.3 is 5.97 Å². The van der Waals surface area contributed by atoms with Gasteiger partial charge in [-0.05, 0) is 42.7 Å². The highest BCUT2D eigenvalue weighted by Crippen LogP contribution is 2.27. The summed E-state index contributed by atoms with van der Waals surface area (Å²) in [7, 11) is 1.51. The van der Waals surface area contributed by atoms with Crippen LogP contribution in [0.15, 0.2) is 36.4 Å². The SMILES string of the molecule is COc1cc2ccccc2cc1C(=O)O[C@H](C)C(=O)N1CCCC1. The Morgan fingerprint density at radius 2 is 1.71 bits per heavy atom. The first kappa shape index (κ1) is 16.3. The quantitative estimate of drug-likeness (QED) is 0.810. The van der Waals surface area contributed by atoms with Crippen molar-refractivity contribution in [3.8, 4) is 5.75 Å². The Morgan fingerprint density at radius 1 is 1.08 bits per heavy atom. The van der Waals surface area contributed by atoms with Crippen LogP contribution in [0.2, 0.25) is 0 Å². The van der Waals surface area contributed by atoms with E-state index in [0.717, 1.165) is 36.7 Å². The minimum atomic E-state index is -0.799. The predicted octanol–water partition coefficient (Wildman–Crippen LogP) is 3.02. The lowest BCUT2D eigenvalue weighted by molar-refractivity contribution is -0.138. The van der Waals surface area contributed by atoms with Crippen molar-refractivity contribution in [1.82, 2.24) is 4.90 Å². The smallest absolute Gasteiger partial charge is 0.342 e. The molecule has 1 amide bonds. The van der Waals surface area contributed by atoms with E-state index in [9.17, 15) is 9.59 Å². The largest absolute Gasteiger partial charge is 0.496 e. The molecular formula is C19H21NO4. The van der Waals surface area contributed by atoms with Gasteiger partial charge in [0.15, 0.2) is 6.10 Å². The van der Waals surface area contributed by atoms with Gasteiger partial charge in [0.05, 0.1) is 7.11 Å². The van der Waals surface area contributed by atoms with Gasteiger partial charge in [0.1, 0.15) is 11.3 Å². The highest BCUT2D eigenvalue weighted by atomic mass is 16.5. The number of ether oxygens (including phenoxy) is 2. The van der Waals surface area contributed by atoms with Crippen molar-refractivity contribution in [3.63, 3.8) is 0 Å². The zero-order chi connectivity index (χ0) is 17.1. The number of fused-ring (bicyclic) bond motifs is 1. The lowest BCUT2D eigenvalue weighted by Crippen LogP contribution is -2.38. The Kier molecular flexibility index (Phi) is 4.69. The molecule has 3 rings (SSSR count). The number of amides is 1. The summed E-state index contributed by atoms with van der Waals surface area (Å²) < 4.78 is 10.7. The molecule has 0 saturated carbocycles. The van der Waals surface area contributed by atoms with Crippen molar-refractivity contribution in [2.75, 3.05) is 20.2 Å². The van der Waals surface area contributed by atoms with E-state index in [2.05, 4.69) is 0 Å². The van der Waals surface area contributed by atoms with E-state index >= 15 is 0 Å². The van der Waals surface area contributed by atoms with Gasteiger partial charge in [-0.3, -0.25) is 4.79 Å². The molecule has 126 valence electrons. The van der Waals surface area contributed by atoms with Gasteiger partial charge in [0, 0.05) is 13.1 Å². The molecule has 0 radical (unpaired) electrons. The molecule has 0 spiro atoms. The van der Waals surface area contributed by atoms with Crippen molar-refractivity contribution < 1.29 is 19.1 Å². The Balaban J connectivity index is 1.81. The van der Waals surface area contributed by atoms with Crippen LogP contribution in [0, 0.1) is 0 Å². The molecule has 5 heteroatoms. The highest BCUT2D eigenvalue weighted by Gasteiger charge is 2.27. The fourth-order valence-corrected chi connectivity index (χ4v) is 3.02. The fraction of sp³-hybridized carbons (Fsp3) is 0.368. The van der Waals surface area contributed by atoms with Crippen molar-refractivity contribution in [3.05, 3.63) is 42.0 Å². The summed E-state index contributed by atoms with van der Waals surface area (Å²) in [6, 6.07) is 11.2. The van der Waals surface area contributed by atoms with E-state index in [4.69, 9.17) is 9.47 Å². The Labute approximate surface area is 141 Å². The highest BCUT2D eigenvalue weighted by molar-refractivity contribution is 5.99. The molecule has 2 aromatic carbocycles. The number of carbonyl (C=O) groups excluding carboxylic acids is 2. The van der Waals surface area contributed by atoms with Crippen molar-refractivity contribution in [2.45, 2.75) is 25.9 Å². The summed E-state index contributed by atoms with van der Waals surface area (Å²) in [6.45, 7) is 3.09. The average Bonchev–Trinajstić information content (AvgIpc) is 3.14. The second kappa shape index (κ2) is 6.91. The minimum absolute atomic E-state index is 0.138. The maximum Gasteiger partial charge on any atom is 0.342 e. The summed E-state index contributed by atoms with van der Waals surface area (Å²) >= 11 is 0. The molecule has 1 atom stereocenters. The fourth-order valence-electron chi connectivity index (χ4n) is 3.02. The Morgan fingerprint density at radius 3 is 2.33 bits per heavy atom. The van der Waals surface area contributed by atoms with Gasteiger partial charge in [-0.1, -0.05) is 24.3 Å². The van der Waals surface area contributed by atoms with Crippen molar-refractivity contribution in [1.29, 1.82) is 0 Å². The molecule has 0 N–H and O–H groups in total. The molecule has 0 unspecified atom stereocenters. The molecule has 5 nitrogen and oxygen atoms in total. The molecule has 1 fully saturated rings. The first-order chi connectivity index (χ1) is 11.6. The van der Waals surface area contributed by atoms with E-state index in [0.29, 0.717) is 11.3 Å². The summed E-state index contributed by atoms with van der Waals surface area (Å²) in [4.78, 5) is 26.6. The number of hydrogen-bond acceptors (Lipinski definition) is 4. The van der Waals surface area contributed by atoms with Gasteiger partial charge in [0.2, 0.25) is 0 Å². The molecule has 0 aliphatic carbocycles. The standard InChI is InChI=1S/C19H21NO4/c1-13(18(21)20-9-5-6-10-20)24-19(22)16-11-14-7-3-4-8-15(14)12-17(16)23-2/h3-4,7-8,11-13H,5-6,9-10H2,1-2H3/t13-/m1/s1. The van der Waals surface area contributed by atoms with Crippen LogP contribution < -0.4 is 4.74 Å². The van der Waals surface area contributed by atoms with Crippen LogP contribution in [0.25, 0.3) is 10.8 Å². The van der Waals surface area contributed by atoms with Gasteiger partial charge in [-0.25, -0.2) is 4.79 Å². The zero-order valence-corrected chi connectivity index (χ0v) is 14.0. The van der Waals surface area contributed by atoms with E-state index in [1.807, 2.05) is 24.3 Å². The Bertz CT molecular complexity index is 765. The molecular weight excluding hydrogens is 306 g/mol. The number of likely N-dealkylation sites (tertiary alicyclic amines) is 1. The third-order valence-corrected chi connectivity index (χ3v) is 4.34. The van der Waals surface area contributed by atoms with E-state index in [1.165, 1.54) is 7.11 Å². The van der Waals surface area contributed by atoms with Crippen LogP contribution in [0.1, 0.15) is 30.1 Å². The maximum absolute atomic E-state index is 12.5. The van der Waals surface area contributed by atoms with Crippen molar-refractivity contribution in [2.24, 2.45) is 0 Å². The van der Waals surface area contributed by atoms with E-state index in [-0.39, 0.29) is 5.91 Å². The molecule has 24 heavy (non-hydrogen) atoms. The summed E-state index contributed by atoms with van der Waals surface area (Å²) in [6.07, 6.45) is 1.21. The molecule has 1 saturated heterocycles. The molecule has 2 aromatic rings. The van der Waals surface area contributed by atoms with E-state index < -0.39 is 12.1 Å². The lowest BCUT2D eigenvalue weighted by Gasteiger charge is -2.20.